The monoisotopic (exact) mass is 338 g/mol. The van der Waals surface area contributed by atoms with E-state index in [-0.39, 0.29) is 22.7 Å². The molecule has 22 heavy (non-hydrogen) atoms. The molecular formula is C15H15FN2O2S2. The Morgan fingerprint density at radius 1 is 1.36 bits per heavy atom. The molecule has 3 N–H and O–H groups in total. The average molecular weight is 338 g/mol. The summed E-state index contributed by atoms with van der Waals surface area (Å²) in [6.07, 6.45) is 0. The minimum Gasteiger partial charge on any atom is -0.366 e. The molecule has 0 bridgehead atoms. The van der Waals surface area contributed by atoms with Crippen molar-refractivity contribution in [2.45, 2.75) is 12.2 Å². The second kappa shape index (κ2) is 7.42. The predicted octanol–water partition coefficient (Wildman–Crippen LogP) is 3.42. The fourth-order valence-corrected chi connectivity index (χ4v) is 3.51. The Morgan fingerprint density at radius 2 is 2.09 bits per heavy atom. The molecule has 2 amide bonds. The maximum Gasteiger partial charge on any atom is 0.251 e. The van der Waals surface area contributed by atoms with Crippen LogP contribution in [-0.4, -0.2) is 17.6 Å². The topological polar surface area (TPSA) is 72.2 Å². The molecule has 2 rings (SSSR count). The first-order valence-corrected chi connectivity index (χ1v) is 8.45. The summed E-state index contributed by atoms with van der Waals surface area (Å²) in [7, 11) is 0. The summed E-state index contributed by atoms with van der Waals surface area (Å²) in [6.45, 7) is 1.84. The molecule has 0 spiro atoms. The smallest absolute Gasteiger partial charge is 0.251 e. The van der Waals surface area contributed by atoms with Gasteiger partial charge in [0.15, 0.2) is 0 Å². The molecule has 1 atom stereocenters. The van der Waals surface area contributed by atoms with Crippen molar-refractivity contribution in [1.29, 1.82) is 0 Å². The highest BCUT2D eigenvalue weighted by atomic mass is 32.2. The lowest BCUT2D eigenvalue weighted by atomic mass is 10.1. The van der Waals surface area contributed by atoms with E-state index in [0.29, 0.717) is 16.1 Å². The summed E-state index contributed by atoms with van der Waals surface area (Å²) >= 11 is 2.56. The van der Waals surface area contributed by atoms with Gasteiger partial charge >= 0.3 is 0 Å². The number of primary amides is 1. The lowest BCUT2D eigenvalue weighted by molar-refractivity contribution is -0.113. The van der Waals surface area contributed by atoms with Gasteiger partial charge in [0.2, 0.25) is 5.91 Å². The van der Waals surface area contributed by atoms with Crippen LogP contribution in [-0.2, 0) is 4.79 Å². The number of nitrogens with one attached hydrogen (secondary N) is 1. The Hall–Kier alpha value is -1.86. The number of carbonyl (C=O) groups is 2. The Balaban J connectivity index is 1.92. The second-order valence-corrected chi connectivity index (χ2v) is 6.80. The zero-order chi connectivity index (χ0) is 16.1. The average Bonchev–Trinajstić information content (AvgIpc) is 2.93. The number of amides is 2. The largest absolute Gasteiger partial charge is 0.366 e. The van der Waals surface area contributed by atoms with Crippen molar-refractivity contribution in [2.75, 3.05) is 11.1 Å². The number of anilines is 1. The van der Waals surface area contributed by atoms with Crippen molar-refractivity contribution in [2.24, 2.45) is 5.73 Å². The zero-order valence-corrected chi connectivity index (χ0v) is 13.5. The van der Waals surface area contributed by atoms with Gasteiger partial charge in [-0.1, -0.05) is 18.2 Å². The van der Waals surface area contributed by atoms with Gasteiger partial charge in [-0.25, -0.2) is 4.39 Å². The second-order valence-electron chi connectivity index (χ2n) is 4.55. The molecule has 0 unspecified atom stereocenters. The molecule has 2 aromatic rings. The lowest BCUT2D eigenvalue weighted by Gasteiger charge is -2.12. The number of rotatable bonds is 6. The molecule has 0 aliphatic carbocycles. The summed E-state index contributed by atoms with van der Waals surface area (Å²) in [4.78, 5) is 23.1. The summed E-state index contributed by atoms with van der Waals surface area (Å²) in [5.41, 5.74) is 6.08. The van der Waals surface area contributed by atoms with Gasteiger partial charge in [0.1, 0.15) is 10.8 Å². The van der Waals surface area contributed by atoms with E-state index in [2.05, 4.69) is 5.32 Å². The molecule has 0 aliphatic heterocycles. The zero-order valence-electron chi connectivity index (χ0n) is 11.8. The van der Waals surface area contributed by atoms with Gasteiger partial charge in [0.25, 0.3) is 5.91 Å². The molecule has 7 heteroatoms. The van der Waals surface area contributed by atoms with Crippen LogP contribution in [0.1, 0.15) is 28.1 Å². The Bertz CT molecular complexity index is 688. The van der Waals surface area contributed by atoms with E-state index in [0.717, 1.165) is 0 Å². The van der Waals surface area contributed by atoms with Crippen LogP contribution in [0.25, 0.3) is 0 Å². The molecule has 4 nitrogen and oxygen atoms in total. The van der Waals surface area contributed by atoms with Gasteiger partial charge in [-0.3, -0.25) is 9.59 Å². The van der Waals surface area contributed by atoms with Crippen LogP contribution in [0.15, 0.2) is 35.7 Å². The Kier molecular flexibility index (Phi) is 5.57. The molecule has 1 aromatic heterocycles. The van der Waals surface area contributed by atoms with E-state index in [1.165, 1.54) is 29.2 Å². The highest BCUT2D eigenvalue weighted by molar-refractivity contribution is 8.00. The van der Waals surface area contributed by atoms with E-state index < -0.39 is 5.91 Å². The van der Waals surface area contributed by atoms with Gasteiger partial charge in [-0.2, -0.15) is 0 Å². The molecule has 0 saturated carbocycles. The third-order valence-corrected chi connectivity index (χ3v) is 5.00. The number of carbonyl (C=O) groups excluding carboxylic acids is 2. The van der Waals surface area contributed by atoms with Crippen LogP contribution in [0.4, 0.5) is 9.39 Å². The molecule has 0 fully saturated rings. The Labute approximate surface area is 135 Å². The first-order valence-electron chi connectivity index (χ1n) is 6.52. The highest BCUT2D eigenvalue weighted by Gasteiger charge is 2.15. The number of hydrogen-bond donors (Lipinski definition) is 2. The molecule has 0 radical (unpaired) electrons. The molecule has 0 aliphatic rings. The summed E-state index contributed by atoms with van der Waals surface area (Å²) in [5, 5.41) is 4.64. The van der Waals surface area contributed by atoms with Gasteiger partial charge in [0.05, 0.1) is 11.3 Å². The fourth-order valence-electron chi connectivity index (χ4n) is 1.86. The van der Waals surface area contributed by atoms with Crippen LogP contribution in [0.3, 0.4) is 0 Å². The van der Waals surface area contributed by atoms with Crippen molar-refractivity contribution >= 4 is 39.9 Å². The van der Waals surface area contributed by atoms with Crippen LogP contribution in [0.5, 0.6) is 0 Å². The SMILES string of the molecule is C[C@@H](SCC(=O)Nc1sccc1C(N)=O)c1ccccc1F. The van der Waals surface area contributed by atoms with Crippen molar-refractivity contribution in [3.8, 4) is 0 Å². The van der Waals surface area contributed by atoms with E-state index in [1.54, 1.807) is 29.6 Å². The predicted molar refractivity (Wildman–Crippen MR) is 88.7 cm³/mol. The summed E-state index contributed by atoms with van der Waals surface area (Å²) in [5.74, 6) is -0.953. The summed E-state index contributed by atoms with van der Waals surface area (Å²) in [6, 6.07) is 8.07. The highest BCUT2D eigenvalue weighted by Crippen LogP contribution is 2.30. The number of thioether (sulfide) groups is 1. The minimum atomic E-state index is -0.580. The van der Waals surface area contributed by atoms with Crippen molar-refractivity contribution in [3.63, 3.8) is 0 Å². The van der Waals surface area contributed by atoms with Crippen LogP contribution >= 0.6 is 23.1 Å². The Morgan fingerprint density at radius 3 is 2.77 bits per heavy atom. The van der Waals surface area contributed by atoms with Gasteiger partial charge in [-0.15, -0.1) is 23.1 Å². The van der Waals surface area contributed by atoms with Crippen molar-refractivity contribution in [1.82, 2.24) is 0 Å². The maximum absolute atomic E-state index is 13.6. The third kappa shape index (κ3) is 4.08. The van der Waals surface area contributed by atoms with Crippen LogP contribution in [0, 0.1) is 5.82 Å². The molecule has 1 heterocycles. The maximum atomic E-state index is 13.6. The van der Waals surface area contributed by atoms with Crippen LogP contribution < -0.4 is 11.1 Å². The van der Waals surface area contributed by atoms with E-state index in [4.69, 9.17) is 5.73 Å². The third-order valence-electron chi connectivity index (χ3n) is 2.99. The number of hydrogen-bond acceptors (Lipinski definition) is 4. The van der Waals surface area contributed by atoms with Gasteiger partial charge in [0, 0.05) is 10.8 Å². The first-order chi connectivity index (χ1) is 10.5. The van der Waals surface area contributed by atoms with Gasteiger partial charge < -0.3 is 11.1 Å². The molecule has 116 valence electrons. The van der Waals surface area contributed by atoms with E-state index in [1.807, 2.05) is 6.92 Å². The number of halogens is 1. The van der Waals surface area contributed by atoms with E-state index in [9.17, 15) is 14.0 Å². The van der Waals surface area contributed by atoms with Crippen LogP contribution in [0.2, 0.25) is 0 Å². The number of thiophene rings is 1. The molecular weight excluding hydrogens is 323 g/mol. The standard InChI is InChI=1S/C15H15FN2O2S2/c1-9(10-4-2-3-5-12(10)16)22-8-13(19)18-15-11(14(17)20)6-7-21-15/h2-7,9H,8H2,1H3,(H2,17,20)(H,18,19)/t9-/m1/s1. The molecule has 1 aromatic carbocycles. The van der Waals surface area contributed by atoms with Gasteiger partial charge in [-0.05, 0) is 24.4 Å². The van der Waals surface area contributed by atoms with Crippen molar-refractivity contribution in [3.05, 3.63) is 52.7 Å². The number of nitrogens with two attached hydrogens (primary N) is 1. The number of benzene rings is 1. The fraction of sp³-hybridized carbons (Fsp3) is 0.200. The van der Waals surface area contributed by atoms with E-state index >= 15 is 0 Å². The lowest BCUT2D eigenvalue weighted by Crippen LogP contribution is -2.18. The minimum absolute atomic E-state index is 0.147. The normalized spacial score (nSPS) is 11.9. The molecule has 0 saturated heterocycles. The summed E-state index contributed by atoms with van der Waals surface area (Å²) < 4.78 is 13.6. The van der Waals surface area contributed by atoms with Crippen molar-refractivity contribution < 1.29 is 14.0 Å². The first kappa shape index (κ1) is 16.5. The quantitative estimate of drug-likeness (QED) is 0.848.